The predicted molar refractivity (Wildman–Crippen MR) is 219 cm³/mol. The van der Waals surface area contributed by atoms with Crippen LogP contribution >= 0.6 is 0 Å². The van der Waals surface area contributed by atoms with Crippen molar-refractivity contribution >= 4 is 11.9 Å². The Morgan fingerprint density at radius 3 is 1.62 bits per heavy atom. The molecule has 318 valence electrons. The van der Waals surface area contributed by atoms with Crippen LogP contribution in [0.15, 0.2) is 48.6 Å². The van der Waals surface area contributed by atoms with E-state index >= 15 is 0 Å². The Morgan fingerprint density at radius 1 is 0.564 bits per heavy atom. The molecule has 0 amide bonds. The van der Waals surface area contributed by atoms with Gasteiger partial charge in [-0.2, -0.15) is 0 Å². The van der Waals surface area contributed by atoms with Crippen molar-refractivity contribution in [1.29, 1.82) is 0 Å². The van der Waals surface area contributed by atoms with Crippen molar-refractivity contribution in [3.63, 3.8) is 0 Å². The van der Waals surface area contributed by atoms with Gasteiger partial charge >= 0.3 is 11.9 Å². The van der Waals surface area contributed by atoms with Gasteiger partial charge in [-0.25, -0.2) is 0 Å². The first-order chi connectivity index (χ1) is 26.8. The molecule has 0 aliphatic carbocycles. The van der Waals surface area contributed by atoms with Crippen molar-refractivity contribution in [3.05, 3.63) is 48.6 Å². The number of carbonyl (C=O) groups is 2. The van der Waals surface area contributed by atoms with E-state index in [4.69, 9.17) is 18.9 Å². The van der Waals surface area contributed by atoms with E-state index in [1.54, 1.807) is 0 Å². The molecule has 1 saturated heterocycles. The Hall–Kier alpha value is -2.34. The van der Waals surface area contributed by atoms with Crippen LogP contribution in [-0.2, 0) is 28.5 Å². The lowest BCUT2D eigenvalue weighted by Crippen LogP contribution is -2.59. The van der Waals surface area contributed by atoms with E-state index in [1.807, 2.05) is 12.2 Å². The summed E-state index contributed by atoms with van der Waals surface area (Å²) in [6.45, 7) is 3.31. The zero-order chi connectivity index (χ0) is 40.2. The third-order valence-corrected chi connectivity index (χ3v) is 9.70. The molecule has 3 unspecified atom stereocenters. The normalized spacial score (nSPS) is 21.0. The van der Waals surface area contributed by atoms with Crippen LogP contribution in [-0.4, -0.2) is 89.0 Å². The molecule has 0 radical (unpaired) electrons. The van der Waals surface area contributed by atoms with Gasteiger partial charge in [0.15, 0.2) is 12.4 Å². The van der Waals surface area contributed by atoms with Crippen molar-refractivity contribution in [2.75, 3.05) is 19.8 Å². The summed E-state index contributed by atoms with van der Waals surface area (Å²) in [4.78, 5) is 25.2. The topological polar surface area (TPSA) is 152 Å². The number of esters is 2. The van der Waals surface area contributed by atoms with Gasteiger partial charge in [-0.3, -0.25) is 9.59 Å². The van der Waals surface area contributed by atoms with Crippen LogP contribution in [0.4, 0.5) is 0 Å². The van der Waals surface area contributed by atoms with Crippen LogP contribution in [0.1, 0.15) is 168 Å². The lowest BCUT2D eigenvalue weighted by Gasteiger charge is -2.39. The fraction of sp³-hybridized carbons (Fsp3) is 0.778. The summed E-state index contributed by atoms with van der Waals surface area (Å²) in [5.41, 5.74) is 0. The number of unbranched alkanes of at least 4 members (excludes halogenated alkanes) is 16. The zero-order valence-corrected chi connectivity index (χ0v) is 34.4. The minimum absolute atomic E-state index is 0.121. The largest absolute Gasteiger partial charge is 0.462 e. The van der Waals surface area contributed by atoms with Gasteiger partial charge < -0.3 is 39.4 Å². The summed E-state index contributed by atoms with van der Waals surface area (Å²) in [7, 11) is 0. The summed E-state index contributed by atoms with van der Waals surface area (Å²) in [5, 5.41) is 40.0. The second-order valence-electron chi connectivity index (χ2n) is 14.8. The fourth-order valence-electron chi connectivity index (χ4n) is 6.21. The Labute approximate surface area is 333 Å². The highest BCUT2D eigenvalue weighted by Crippen LogP contribution is 2.22. The molecule has 0 aromatic heterocycles. The Balaban J connectivity index is 2.38. The molecule has 1 aliphatic rings. The predicted octanol–water partition coefficient (Wildman–Crippen LogP) is 8.88. The Morgan fingerprint density at radius 2 is 1.05 bits per heavy atom. The summed E-state index contributed by atoms with van der Waals surface area (Å²) < 4.78 is 22.0. The second-order valence-corrected chi connectivity index (χ2v) is 14.8. The average molecular weight is 779 g/mol. The van der Waals surface area contributed by atoms with Crippen molar-refractivity contribution in [3.8, 4) is 0 Å². The van der Waals surface area contributed by atoms with E-state index in [2.05, 4.69) is 50.3 Å². The van der Waals surface area contributed by atoms with Gasteiger partial charge in [-0.15, -0.1) is 0 Å². The molecule has 0 saturated carbocycles. The van der Waals surface area contributed by atoms with Crippen LogP contribution in [0, 0.1) is 0 Å². The highest BCUT2D eigenvalue weighted by atomic mass is 16.7. The molecular formula is C45H78O10. The first-order valence-electron chi connectivity index (χ1n) is 21.7. The molecule has 1 heterocycles. The van der Waals surface area contributed by atoms with Gasteiger partial charge in [0.25, 0.3) is 0 Å². The summed E-state index contributed by atoms with van der Waals surface area (Å²) in [5.74, 6) is -0.896. The molecule has 1 rings (SSSR count). The van der Waals surface area contributed by atoms with Gasteiger partial charge in [0.2, 0.25) is 0 Å². The van der Waals surface area contributed by atoms with E-state index in [0.717, 1.165) is 44.9 Å². The van der Waals surface area contributed by atoms with Crippen molar-refractivity contribution in [2.24, 2.45) is 0 Å². The van der Waals surface area contributed by atoms with Crippen LogP contribution in [0.5, 0.6) is 0 Å². The lowest BCUT2D eigenvalue weighted by molar-refractivity contribution is -0.305. The second kappa shape index (κ2) is 36.0. The average Bonchev–Trinajstić information content (AvgIpc) is 3.18. The number of aliphatic hydroxyl groups is 4. The lowest BCUT2D eigenvalue weighted by atomic mass is 9.99. The molecule has 1 fully saturated rings. The molecular weight excluding hydrogens is 700 g/mol. The summed E-state index contributed by atoms with van der Waals surface area (Å²) in [6.07, 6.45) is 34.2. The number of rotatable bonds is 35. The SMILES string of the molecule is CCCCC/C=C/C/C=C/CCCCCCCCCC(=O)OCC(CO[C@H]1O[C@@H](CO)[C@@H](O)C(O)C1O)OC(=O)CC/C=C/C/C=C/CCCCCCCC. The maximum Gasteiger partial charge on any atom is 0.306 e. The molecule has 1 aliphatic heterocycles. The van der Waals surface area contributed by atoms with Crippen molar-refractivity contribution in [1.82, 2.24) is 0 Å². The number of aliphatic hydroxyl groups excluding tert-OH is 4. The molecule has 0 aromatic carbocycles. The first-order valence-corrected chi connectivity index (χ1v) is 21.7. The number of ether oxygens (including phenoxy) is 4. The highest BCUT2D eigenvalue weighted by molar-refractivity contribution is 5.70. The van der Waals surface area contributed by atoms with Gasteiger partial charge in [0, 0.05) is 12.8 Å². The quantitative estimate of drug-likeness (QED) is 0.0279. The monoisotopic (exact) mass is 779 g/mol. The van der Waals surface area contributed by atoms with Gasteiger partial charge in [-0.1, -0.05) is 140 Å². The first kappa shape index (κ1) is 50.7. The highest BCUT2D eigenvalue weighted by Gasteiger charge is 2.44. The third-order valence-electron chi connectivity index (χ3n) is 9.70. The minimum Gasteiger partial charge on any atom is -0.462 e. The van der Waals surface area contributed by atoms with Crippen molar-refractivity contribution in [2.45, 2.75) is 205 Å². The third kappa shape index (κ3) is 27.8. The van der Waals surface area contributed by atoms with Gasteiger partial charge in [0.05, 0.1) is 13.2 Å². The van der Waals surface area contributed by atoms with Crippen molar-refractivity contribution < 1.29 is 49.0 Å². The van der Waals surface area contributed by atoms with Crippen LogP contribution < -0.4 is 0 Å². The van der Waals surface area contributed by atoms with E-state index in [-0.39, 0.29) is 26.1 Å². The van der Waals surface area contributed by atoms with Gasteiger partial charge in [-0.05, 0) is 64.2 Å². The van der Waals surface area contributed by atoms with Gasteiger partial charge in [0.1, 0.15) is 31.0 Å². The maximum absolute atomic E-state index is 12.7. The van der Waals surface area contributed by atoms with Crippen LogP contribution in [0.3, 0.4) is 0 Å². The molecule has 55 heavy (non-hydrogen) atoms. The Kier molecular flexibility index (Phi) is 33.2. The molecule has 6 atom stereocenters. The maximum atomic E-state index is 12.7. The van der Waals surface area contributed by atoms with E-state index in [0.29, 0.717) is 12.8 Å². The fourth-order valence-corrected chi connectivity index (χ4v) is 6.21. The van der Waals surface area contributed by atoms with Crippen LogP contribution in [0.2, 0.25) is 0 Å². The number of hydrogen-bond donors (Lipinski definition) is 4. The molecule has 4 N–H and O–H groups in total. The smallest absolute Gasteiger partial charge is 0.306 e. The molecule has 10 nitrogen and oxygen atoms in total. The van der Waals surface area contributed by atoms with E-state index in [9.17, 15) is 30.0 Å². The number of carbonyl (C=O) groups excluding carboxylic acids is 2. The van der Waals surface area contributed by atoms with E-state index in [1.165, 1.54) is 83.5 Å². The standard InChI is InChI=1S/C45H78O10/c1-3-5-7-9-11-13-15-17-18-19-20-22-23-25-27-29-31-33-40(47)52-36-38(37-53-45-44(51)43(50)42(49)39(35-46)55-45)54-41(48)34-32-30-28-26-24-21-16-14-12-10-8-6-4-2/h11,13,17-18,21,24,28,30,38-39,42-46,49-51H,3-10,12,14-16,19-20,22-23,25-27,29,31-37H2,1-2H3/b13-11+,18-17+,24-21+,30-28+/t38?,39-,42+,43?,44?,45-/m0/s1. The number of allylic oxidation sites excluding steroid dienone is 8. The Bertz CT molecular complexity index is 1040. The summed E-state index contributed by atoms with van der Waals surface area (Å²) in [6, 6.07) is 0. The molecule has 0 aromatic rings. The summed E-state index contributed by atoms with van der Waals surface area (Å²) >= 11 is 0. The van der Waals surface area contributed by atoms with E-state index < -0.39 is 55.4 Å². The van der Waals surface area contributed by atoms with Crippen LogP contribution in [0.25, 0.3) is 0 Å². The minimum atomic E-state index is -1.61. The number of hydrogen-bond acceptors (Lipinski definition) is 10. The molecule has 10 heteroatoms. The molecule has 0 spiro atoms. The zero-order valence-electron chi connectivity index (χ0n) is 34.4. The molecule has 0 bridgehead atoms.